The lowest BCUT2D eigenvalue weighted by molar-refractivity contribution is -0.0245. The third-order valence-corrected chi connectivity index (χ3v) is 4.76. The molecule has 1 fully saturated rings. The molecule has 1 aromatic heterocycles. The molecule has 0 radical (unpaired) electrons. The van der Waals surface area contributed by atoms with Gasteiger partial charge in [-0.15, -0.1) is 0 Å². The second kappa shape index (κ2) is 6.20. The van der Waals surface area contributed by atoms with Crippen molar-refractivity contribution in [1.29, 1.82) is 0 Å². The van der Waals surface area contributed by atoms with Gasteiger partial charge in [-0.1, -0.05) is 6.07 Å². The van der Waals surface area contributed by atoms with E-state index in [0.717, 1.165) is 18.4 Å². The maximum Gasteiger partial charge on any atom is 0.254 e. The average Bonchev–Trinajstić information content (AvgIpc) is 3.09. The van der Waals surface area contributed by atoms with E-state index in [2.05, 4.69) is 16.0 Å². The van der Waals surface area contributed by atoms with Crippen LogP contribution in [-0.2, 0) is 17.6 Å². The van der Waals surface area contributed by atoms with E-state index in [-0.39, 0.29) is 12.0 Å². The van der Waals surface area contributed by atoms with Crippen LogP contribution in [0.1, 0.15) is 39.7 Å². The number of hydrogen-bond acceptors (Lipinski definition) is 5. The van der Waals surface area contributed by atoms with Crippen LogP contribution in [-0.4, -0.2) is 40.5 Å². The monoisotopic (exact) mass is 324 g/mol. The lowest BCUT2D eigenvalue weighted by Gasteiger charge is -2.33. The molecular weight excluding hydrogens is 304 g/mol. The van der Waals surface area contributed by atoms with Gasteiger partial charge in [-0.2, -0.15) is 0 Å². The van der Waals surface area contributed by atoms with Crippen molar-refractivity contribution in [3.8, 4) is 0 Å². The summed E-state index contributed by atoms with van der Waals surface area (Å²) in [6, 6.07) is 6.08. The number of ether oxygens (including phenoxy) is 1. The molecule has 1 saturated heterocycles. The highest BCUT2D eigenvalue weighted by Crippen LogP contribution is 2.26. The molecule has 0 saturated carbocycles. The molecule has 0 bridgehead atoms. The Hall–Kier alpha value is -2.47. The smallest absolute Gasteiger partial charge is 0.254 e. The third-order valence-electron chi connectivity index (χ3n) is 4.76. The average molecular weight is 324 g/mol. The second-order valence-electron chi connectivity index (χ2n) is 6.27. The summed E-state index contributed by atoms with van der Waals surface area (Å²) in [5.74, 6) is 0.398. The highest BCUT2D eigenvalue weighted by molar-refractivity contribution is 5.94. The SMILES string of the molecule is Nc1nccnc1C1CN(C(=O)c2ccc3c(c2)CCC3)CCO1. The van der Waals surface area contributed by atoms with Crippen molar-refractivity contribution >= 4 is 11.7 Å². The van der Waals surface area contributed by atoms with E-state index >= 15 is 0 Å². The van der Waals surface area contributed by atoms with Crippen LogP contribution in [0.2, 0.25) is 0 Å². The van der Waals surface area contributed by atoms with Crippen LogP contribution in [0.15, 0.2) is 30.6 Å². The van der Waals surface area contributed by atoms with E-state index in [1.54, 1.807) is 12.4 Å². The number of nitrogens with two attached hydrogens (primary N) is 1. The Morgan fingerprint density at radius 1 is 1.21 bits per heavy atom. The predicted molar refractivity (Wildman–Crippen MR) is 89.5 cm³/mol. The Kier molecular flexibility index (Phi) is 3.90. The van der Waals surface area contributed by atoms with Gasteiger partial charge in [-0.05, 0) is 42.5 Å². The highest BCUT2D eigenvalue weighted by atomic mass is 16.5. The number of hydrogen-bond donors (Lipinski definition) is 1. The second-order valence-corrected chi connectivity index (χ2v) is 6.27. The zero-order chi connectivity index (χ0) is 16.5. The minimum absolute atomic E-state index is 0.0421. The molecule has 24 heavy (non-hydrogen) atoms. The molecule has 1 amide bonds. The summed E-state index contributed by atoms with van der Waals surface area (Å²) in [4.78, 5) is 23.0. The van der Waals surface area contributed by atoms with Gasteiger partial charge in [0.1, 0.15) is 17.6 Å². The normalized spacial score (nSPS) is 20.0. The van der Waals surface area contributed by atoms with Crippen molar-refractivity contribution in [1.82, 2.24) is 14.9 Å². The van der Waals surface area contributed by atoms with Gasteiger partial charge in [0.2, 0.25) is 0 Å². The predicted octanol–water partition coefficient (Wildman–Crippen LogP) is 1.76. The van der Waals surface area contributed by atoms with Gasteiger partial charge in [-0.25, -0.2) is 4.98 Å². The zero-order valence-electron chi connectivity index (χ0n) is 13.4. The van der Waals surface area contributed by atoms with Gasteiger partial charge in [0.15, 0.2) is 0 Å². The topological polar surface area (TPSA) is 81.3 Å². The van der Waals surface area contributed by atoms with Crippen molar-refractivity contribution < 1.29 is 9.53 Å². The molecule has 2 aliphatic rings. The first kappa shape index (κ1) is 15.1. The summed E-state index contributed by atoms with van der Waals surface area (Å²) in [5, 5.41) is 0. The van der Waals surface area contributed by atoms with Crippen LogP contribution in [0.25, 0.3) is 0 Å². The van der Waals surface area contributed by atoms with Crippen molar-refractivity contribution in [3.63, 3.8) is 0 Å². The van der Waals surface area contributed by atoms with E-state index in [1.807, 2.05) is 17.0 Å². The first-order valence-electron chi connectivity index (χ1n) is 8.31. The molecule has 6 heteroatoms. The zero-order valence-corrected chi connectivity index (χ0v) is 13.4. The van der Waals surface area contributed by atoms with E-state index < -0.39 is 0 Å². The van der Waals surface area contributed by atoms with Gasteiger partial charge in [-0.3, -0.25) is 9.78 Å². The molecule has 2 aromatic rings. The molecule has 1 unspecified atom stereocenters. The summed E-state index contributed by atoms with van der Waals surface area (Å²) < 4.78 is 5.76. The number of carbonyl (C=O) groups excluding carboxylic acids is 1. The van der Waals surface area contributed by atoms with E-state index in [9.17, 15) is 4.79 Å². The molecule has 1 aromatic carbocycles. The van der Waals surface area contributed by atoms with Gasteiger partial charge in [0, 0.05) is 24.5 Å². The number of aromatic nitrogens is 2. The Bertz CT molecular complexity index is 777. The minimum Gasteiger partial charge on any atom is -0.382 e. The van der Waals surface area contributed by atoms with E-state index in [1.165, 1.54) is 17.5 Å². The summed E-state index contributed by atoms with van der Waals surface area (Å²) >= 11 is 0. The number of anilines is 1. The van der Waals surface area contributed by atoms with Gasteiger partial charge >= 0.3 is 0 Å². The third kappa shape index (κ3) is 2.73. The number of nitrogens with zero attached hydrogens (tertiary/aromatic N) is 3. The van der Waals surface area contributed by atoms with Crippen LogP contribution in [0, 0.1) is 0 Å². The summed E-state index contributed by atoms with van der Waals surface area (Å²) in [6.07, 6.45) is 6.18. The molecule has 0 spiro atoms. The number of morpholine rings is 1. The molecule has 1 atom stereocenters. The van der Waals surface area contributed by atoms with Crippen molar-refractivity contribution in [2.45, 2.75) is 25.4 Å². The fraction of sp³-hybridized carbons (Fsp3) is 0.389. The molecule has 2 heterocycles. The fourth-order valence-electron chi connectivity index (χ4n) is 3.49. The van der Waals surface area contributed by atoms with Crippen LogP contribution >= 0.6 is 0 Å². The lowest BCUT2D eigenvalue weighted by Crippen LogP contribution is -2.42. The van der Waals surface area contributed by atoms with Crippen molar-refractivity contribution in [3.05, 3.63) is 53.0 Å². The Morgan fingerprint density at radius 2 is 2.04 bits per heavy atom. The van der Waals surface area contributed by atoms with Gasteiger partial charge in [0.05, 0.1) is 13.2 Å². The van der Waals surface area contributed by atoms with Crippen LogP contribution in [0.4, 0.5) is 5.82 Å². The molecular formula is C18H20N4O2. The van der Waals surface area contributed by atoms with Crippen LogP contribution < -0.4 is 5.73 Å². The van der Waals surface area contributed by atoms with E-state index in [4.69, 9.17) is 10.5 Å². The summed E-state index contributed by atoms with van der Waals surface area (Å²) in [7, 11) is 0. The number of fused-ring (bicyclic) bond motifs is 1. The summed E-state index contributed by atoms with van der Waals surface area (Å²) in [6.45, 7) is 1.49. The summed E-state index contributed by atoms with van der Waals surface area (Å²) in [5.41, 5.74) is 9.93. The first-order valence-corrected chi connectivity index (χ1v) is 8.31. The quantitative estimate of drug-likeness (QED) is 0.910. The fourth-order valence-corrected chi connectivity index (χ4v) is 3.49. The molecule has 2 N–H and O–H groups in total. The number of carbonyl (C=O) groups is 1. The van der Waals surface area contributed by atoms with Crippen LogP contribution in [0.5, 0.6) is 0 Å². The van der Waals surface area contributed by atoms with Gasteiger partial charge < -0.3 is 15.4 Å². The molecule has 1 aliphatic heterocycles. The first-order chi connectivity index (χ1) is 11.7. The molecule has 6 nitrogen and oxygen atoms in total. The highest BCUT2D eigenvalue weighted by Gasteiger charge is 2.29. The standard InChI is InChI=1S/C18H20N4O2/c19-17-16(20-6-7-21-17)15-11-22(8-9-24-15)18(23)14-5-4-12-2-1-3-13(12)10-14/h4-7,10,15H,1-3,8-9,11H2,(H2,19,21). The van der Waals surface area contributed by atoms with Crippen LogP contribution in [0.3, 0.4) is 0 Å². The van der Waals surface area contributed by atoms with E-state index in [0.29, 0.717) is 31.2 Å². The lowest BCUT2D eigenvalue weighted by atomic mass is 10.0. The minimum atomic E-state index is -0.328. The maximum absolute atomic E-state index is 12.9. The largest absolute Gasteiger partial charge is 0.382 e. The maximum atomic E-state index is 12.9. The molecule has 1 aliphatic carbocycles. The molecule has 124 valence electrons. The molecule has 4 rings (SSSR count). The number of rotatable bonds is 2. The van der Waals surface area contributed by atoms with Crippen molar-refractivity contribution in [2.75, 3.05) is 25.4 Å². The van der Waals surface area contributed by atoms with Gasteiger partial charge in [0.25, 0.3) is 5.91 Å². The number of aryl methyl sites for hydroxylation is 2. The number of benzene rings is 1. The Morgan fingerprint density at radius 3 is 2.92 bits per heavy atom. The Labute approximate surface area is 140 Å². The van der Waals surface area contributed by atoms with Crippen molar-refractivity contribution in [2.24, 2.45) is 0 Å². The number of nitrogen functional groups attached to an aromatic ring is 1. The number of amides is 1. The Balaban J connectivity index is 1.53.